The summed E-state index contributed by atoms with van der Waals surface area (Å²) < 4.78 is 5.51. The molecule has 116 valence electrons. The molecule has 1 aromatic heterocycles. The Bertz CT molecular complexity index is 667. The molecule has 0 saturated carbocycles. The van der Waals surface area contributed by atoms with Gasteiger partial charge in [-0.2, -0.15) is 0 Å². The van der Waals surface area contributed by atoms with Crippen LogP contribution < -0.4 is 9.64 Å². The van der Waals surface area contributed by atoms with Crippen molar-refractivity contribution in [2.45, 2.75) is 33.6 Å². The molecule has 0 amide bonds. The van der Waals surface area contributed by atoms with E-state index in [1.165, 1.54) is 11.3 Å². The first-order chi connectivity index (χ1) is 10.6. The average Bonchev–Trinajstić information content (AvgIpc) is 2.87. The smallest absolute Gasteiger partial charge is 0.139 e. The summed E-state index contributed by atoms with van der Waals surface area (Å²) in [5.74, 6) is 3.44. The number of aromatic nitrogens is 2. The van der Waals surface area contributed by atoms with Crippen molar-refractivity contribution >= 4 is 11.5 Å². The zero-order valence-electron chi connectivity index (χ0n) is 13.8. The maximum Gasteiger partial charge on any atom is 0.139 e. The van der Waals surface area contributed by atoms with Crippen LogP contribution in [0.2, 0.25) is 0 Å². The van der Waals surface area contributed by atoms with Gasteiger partial charge in [0.15, 0.2) is 0 Å². The summed E-state index contributed by atoms with van der Waals surface area (Å²) in [6.07, 6.45) is 2.12. The fourth-order valence-corrected chi connectivity index (χ4v) is 3.10. The van der Waals surface area contributed by atoms with E-state index >= 15 is 0 Å². The van der Waals surface area contributed by atoms with Crippen LogP contribution in [0.15, 0.2) is 24.3 Å². The molecule has 0 radical (unpaired) electrons. The molecular formula is C18H23N3O. The molecule has 3 rings (SSSR count). The van der Waals surface area contributed by atoms with Crippen molar-refractivity contribution in [3.8, 4) is 5.75 Å². The lowest BCUT2D eigenvalue weighted by molar-refractivity contribution is 0.340. The lowest BCUT2D eigenvalue weighted by Gasteiger charge is -2.22. The Hall–Kier alpha value is -2.10. The largest absolute Gasteiger partial charge is 0.494 e. The van der Waals surface area contributed by atoms with E-state index in [1.54, 1.807) is 0 Å². The van der Waals surface area contributed by atoms with E-state index in [-0.39, 0.29) is 0 Å². The van der Waals surface area contributed by atoms with Crippen LogP contribution in [0.4, 0.5) is 11.5 Å². The zero-order valence-corrected chi connectivity index (χ0v) is 13.8. The fourth-order valence-electron chi connectivity index (χ4n) is 3.10. The van der Waals surface area contributed by atoms with Gasteiger partial charge in [-0.05, 0) is 56.9 Å². The van der Waals surface area contributed by atoms with Crippen molar-refractivity contribution in [1.29, 1.82) is 0 Å². The highest BCUT2D eigenvalue weighted by Gasteiger charge is 2.25. The predicted octanol–water partition coefficient (Wildman–Crippen LogP) is 3.69. The normalized spacial score (nSPS) is 16.5. The molecular weight excluding hydrogens is 274 g/mol. The zero-order chi connectivity index (χ0) is 15.7. The van der Waals surface area contributed by atoms with Crippen LogP contribution >= 0.6 is 0 Å². The third kappa shape index (κ3) is 2.78. The Kier molecular flexibility index (Phi) is 4.01. The summed E-state index contributed by atoms with van der Waals surface area (Å²) in [4.78, 5) is 11.5. The molecule has 1 aliphatic rings. The van der Waals surface area contributed by atoms with Gasteiger partial charge in [0.25, 0.3) is 0 Å². The highest BCUT2D eigenvalue weighted by molar-refractivity contribution is 5.64. The third-order valence-corrected chi connectivity index (χ3v) is 4.13. The highest BCUT2D eigenvalue weighted by atomic mass is 16.5. The Morgan fingerprint density at radius 3 is 2.59 bits per heavy atom. The lowest BCUT2D eigenvalue weighted by atomic mass is 10.1. The molecule has 4 heteroatoms. The number of benzene rings is 1. The standard InChI is InChI=1S/C18H23N3O/c1-5-22-15-8-6-14(7-9-15)21(4)18-16-10-12(2)11-17(16)19-13(3)20-18/h6-9,12H,5,10-11H2,1-4H3. The van der Waals surface area contributed by atoms with Gasteiger partial charge in [-0.3, -0.25) is 0 Å². The van der Waals surface area contributed by atoms with E-state index in [0.29, 0.717) is 12.5 Å². The summed E-state index contributed by atoms with van der Waals surface area (Å²) in [6, 6.07) is 8.17. The fraction of sp³-hybridized carbons (Fsp3) is 0.444. The summed E-state index contributed by atoms with van der Waals surface area (Å²) in [5, 5.41) is 0. The SMILES string of the molecule is CCOc1ccc(N(C)c2nc(C)nc3c2CC(C)C3)cc1. The Balaban J connectivity index is 1.94. The van der Waals surface area contributed by atoms with E-state index in [0.717, 1.165) is 35.9 Å². The van der Waals surface area contributed by atoms with Crippen molar-refractivity contribution in [1.82, 2.24) is 9.97 Å². The van der Waals surface area contributed by atoms with E-state index in [4.69, 9.17) is 9.72 Å². The topological polar surface area (TPSA) is 38.2 Å². The lowest BCUT2D eigenvalue weighted by Crippen LogP contribution is -2.15. The van der Waals surface area contributed by atoms with Crippen molar-refractivity contribution < 1.29 is 4.74 Å². The minimum Gasteiger partial charge on any atom is -0.494 e. The molecule has 0 N–H and O–H groups in total. The predicted molar refractivity (Wildman–Crippen MR) is 89.0 cm³/mol. The Labute approximate surface area is 132 Å². The summed E-state index contributed by atoms with van der Waals surface area (Å²) in [6.45, 7) is 6.93. The van der Waals surface area contributed by atoms with Crippen molar-refractivity contribution in [2.75, 3.05) is 18.6 Å². The first-order valence-electron chi connectivity index (χ1n) is 7.91. The number of hydrogen-bond donors (Lipinski definition) is 0. The third-order valence-electron chi connectivity index (χ3n) is 4.13. The quantitative estimate of drug-likeness (QED) is 0.862. The maximum atomic E-state index is 5.51. The van der Waals surface area contributed by atoms with Gasteiger partial charge in [-0.15, -0.1) is 0 Å². The summed E-state index contributed by atoms with van der Waals surface area (Å²) >= 11 is 0. The van der Waals surface area contributed by atoms with Crippen molar-refractivity contribution in [2.24, 2.45) is 5.92 Å². The molecule has 1 atom stereocenters. The van der Waals surface area contributed by atoms with Gasteiger partial charge in [0.2, 0.25) is 0 Å². The molecule has 1 unspecified atom stereocenters. The number of aryl methyl sites for hydroxylation is 1. The monoisotopic (exact) mass is 297 g/mol. The first kappa shape index (κ1) is 14.8. The van der Waals surface area contributed by atoms with Gasteiger partial charge < -0.3 is 9.64 Å². The first-order valence-corrected chi connectivity index (χ1v) is 7.91. The summed E-state index contributed by atoms with van der Waals surface area (Å²) in [5.41, 5.74) is 3.63. The molecule has 0 fully saturated rings. The molecule has 2 aromatic rings. The molecule has 1 heterocycles. The molecule has 1 aromatic carbocycles. The van der Waals surface area contributed by atoms with E-state index < -0.39 is 0 Å². The number of fused-ring (bicyclic) bond motifs is 1. The molecule has 0 aliphatic heterocycles. The molecule has 1 aliphatic carbocycles. The van der Waals surface area contributed by atoms with E-state index in [9.17, 15) is 0 Å². The van der Waals surface area contributed by atoms with Gasteiger partial charge in [-0.1, -0.05) is 6.92 Å². The van der Waals surface area contributed by atoms with Gasteiger partial charge >= 0.3 is 0 Å². The second-order valence-electron chi connectivity index (χ2n) is 6.02. The van der Waals surface area contributed by atoms with Crippen LogP contribution in [0.5, 0.6) is 5.75 Å². The molecule has 22 heavy (non-hydrogen) atoms. The van der Waals surface area contributed by atoms with Crippen LogP contribution in [0.25, 0.3) is 0 Å². The van der Waals surface area contributed by atoms with Crippen LogP contribution in [-0.2, 0) is 12.8 Å². The number of ether oxygens (including phenoxy) is 1. The van der Waals surface area contributed by atoms with Gasteiger partial charge in [0.1, 0.15) is 17.4 Å². The maximum absolute atomic E-state index is 5.51. The van der Waals surface area contributed by atoms with Crippen LogP contribution in [0.3, 0.4) is 0 Å². The minimum absolute atomic E-state index is 0.651. The Morgan fingerprint density at radius 1 is 1.18 bits per heavy atom. The van der Waals surface area contributed by atoms with Gasteiger partial charge in [0.05, 0.1) is 6.61 Å². The molecule has 0 saturated heterocycles. The summed E-state index contributed by atoms with van der Waals surface area (Å²) in [7, 11) is 2.07. The Morgan fingerprint density at radius 2 is 1.91 bits per heavy atom. The second-order valence-corrected chi connectivity index (χ2v) is 6.02. The number of rotatable bonds is 4. The van der Waals surface area contributed by atoms with Crippen molar-refractivity contribution in [3.05, 3.63) is 41.3 Å². The van der Waals surface area contributed by atoms with Crippen LogP contribution in [-0.4, -0.2) is 23.6 Å². The molecule has 4 nitrogen and oxygen atoms in total. The molecule has 0 spiro atoms. The highest BCUT2D eigenvalue weighted by Crippen LogP contribution is 2.34. The van der Waals surface area contributed by atoms with E-state index in [1.807, 2.05) is 26.0 Å². The number of hydrogen-bond acceptors (Lipinski definition) is 4. The molecule has 0 bridgehead atoms. The number of nitrogens with zero attached hydrogens (tertiary/aromatic N) is 3. The second kappa shape index (κ2) is 5.95. The van der Waals surface area contributed by atoms with Crippen LogP contribution in [0.1, 0.15) is 30.9 Å². The van der Waals surface area contributed by atoms with Crippen molar-refractivity contribution in [3.63, 3.8) is 0 Å². The minimum atomic E-state index is 0.651. The van der Waals surface area contributed by atoms with E-state index in [2.05, 4.69) is 36.0 Å². The van der Waals surface area contributed by atoms with Crippen LogP contribution in [0, 0.1) is 12.8 Å². The van der Waals surface area contributed by atoms with Gasteiger partial charge in [0, 0.05) is 24.0 Å². The van der Waals surface area contributed by atoms with Gasteiger partial charge in [-0.25, -0.2) is 9.97 Å². The average molecular weight is 297 g/mol. The number of anilines is 2.